The van der Waals surface area contributed by atoms with E-state index < -0.39 is 0 Å². The Kier molecular flexibility index (Phi) is 15.1. The lowest BCUT2D eigenvalue weighted by molar-refractivity contribution is 0.101. The first-order valence-corrected chi connectivity index (χ1v) is 11.8. The van der Waals surface area contributed by atoms with Gasteiger partial charge in [-0.25, -0.2) is 0 Å². The summed E-state index contributed by atoms with van der Waals surface area (Å²) in [6.07, 6.45) is 23.8. The highest BCUT2D eigenvalue weighted by atomic mass is 16.1. The molecule has 1 aromatic rings. The molecule has 0 aromatic heterocycles. The van der Waals surface area contributed by atoms with Gasteiger partial charge < -0.3 is 0 Å². The van der Waals surface area contributed by atoms with Crippen molar-refractivity contribution in [2.75, 3.05) is 0 Å². The van der Waals surface area contributed by atoms with Gasteiger partial charge in [-0.1, -0.05) is 128 Å². The monoisotopic (exact) mass is 372 g/mol. The highest BCUT2D eigenvalue weighted by Crippen LogP contribution is 2.15. The van der Waals surface area contributed by atoms with E-state index in [0.717, 1.165) is 12.0 Å². The van der Waals surface area contributed by atoms with Gasteiger partial charge in [0.2, 0.25) is 0 Å². The van der Waals surface area contributed by atoms with Crippen LogP contribution in [0.25, 0.3) is 0 Å². The first-order chi connectivity index (χ1) is 13.2. The molecule has 0 heterocycles. The molecule has 154 valence electrons. The summed E-state index contributed by atoms with van der Waals surface area (Å²) in [5.41, 5.74) is 2.19. The summed E-state index contributed by atoms with van der Waals surface area (Å²) in [7, 11) is 0. The van der Waals surface area contributed by atoms with Crippen LogP contribution in [0.15, 0.2) is 24.3 Å². The van der Waals surface area contributed by atoms with E-state index >= 15 is 0 Å². The van der Waals surface area contributed by atoms with E-state index in [2.05, 4.69) is 19.1 Å². The van der Waals surface area contributed by atoms with Crippen LogP contribution in [0.4, 0.5) is 0 Å². The second kappa shape index (κ2) is 17.0. The van der Waals surface area contributed by atoms with Crippen LogP contribution in [-0.4, -0.2) is 5.78 Å². The van der Waals surface area contributed by atoms with E-state index in [1.54, 1.807) is 6.92 Å². The lowest BCUT2D eigenvalue weighted by Gasteiger charge is -2.04. The minimum absolute atomic E-state index is 0.156. The molecule has 0 saturated carbocycles. The highest BCUT2D eigenvalue weighted by molar-refractivity contribution is 5.93. The smallest absolute Gasteiger partial charge is 0.159 e. The van der Waals surface area contributed by atoms with Crippen molar-refractivity contribution in [3.05, 3.63) is 35.4 Å². The number of Topliss-reactive ketones (excluding diaryl/α,β-unsaturated/α-hetero) is 1. The van der Waals surface area contributed by atoms with Crippen molar-refractivity contribution in [1.29, 1.82) is 0 Å². The van der Waals surface area contributed by atoms with Gasteiger partial charge in [0.25, 0.3) is 0 Å². The molecule has 0 saturated heterocycles. The van der Waals surface area contributed by atoms with Crippen LogP contribution in [0.2, 0.25) is 0 Å². The van der Waals surface area contributed by atoms with Crippen LogP contribution < -0.4 is 0 Å². The Morgan fingerprint density at radius 1 is 0.593 bits per heavy atom. The Bertz CT molecular complexity index is 460. The number of rotatable bonds is 18. The molecule has 0 spiro atoms. The minimum Gasteiger partial charge on any atom is -0.295 e. The van der Waals surface area contributed by atoms with Crippen molar-refractivity contribution in [3.63, 3.8) is 0 Å². The van der Waals surface area contributed by atoms with Crippen molar-refractivity contribution in [3.8, 4) is 0 Å². The number of carbonyl (C=O) groups excluding carboxylic acids is 1. The van der Waals surface area contributed by atoms with Gasteiger partial charge in [0.05, 0.1) is 0 Å². The van der Waals surface area contributed by atoms with E-state index in [1.165, 1.54) is 108 Å². The summed E-state index contributed by atoms with van der Waals surface area (Å²) in [6.45, 7) is 3.92. The van der Waals surface area contributed by atoms with Crippen LogP contribution in [0.5, 0.6) is 0 Å². The molecule has 27 heavy (non-hydrogen) atoms. The fourth-order valence-corrected chi connectivity index (χ4v) is 3.78. The average molecular weight is 373 g/mol. The fraction of sp³-hybridized carbons (Fsp3) is 0.731. The van der Waals surface area contributed by atoms with Crippen LogP contribution in [0.3, 0.4) is 0 Å². The van der Waals surface area contributed by atoms with Gasteiger partial charge in [-0.05, 0) is 25.3 Å². The highest BCUT2D eigenvalue weighted by Gasteiger charge is 1.99. The number of carbonyl (C=O) groups is 1. The van der Waals surface area contributed by atoms with Crippen LogP contribution in [-0.2, 0) is 6.42 Å². The fourth-order valence-electron chi connectivity index (χ4n) is 3.78. The summed E-state index contributed by atoms with van der Waals surface area (Å²) in [5.74, 6) is 0.156. The zero-order valence-electron chi connectivity index (χ0n) is 18.2. The number of hydrogen-bond acceptors (Lipinski definition) is 1. The predicted molar refractivity (Wildman–Crippen MR) is 120 cm³/mol. The second-order valence-electron chi connectivity index (χ2n) is 8.31. The zero-order valence-corrected chi connectivity index (χ0v) is 18.2. The number of benzene rings is 1. The lowest BCUT2D eigenvalue weighted by Crippen LogP contribution is -1.92. The molecule has 0 unspecified atom stereocenters. The maximum atomic E-state index is 11.3. The van der Waals surface area contributed by atoms with Gasteiger partial charge in [0.15, 0.2) is 5.78 Å². The molecular formula is C26H44O. The molecule has 0 aliphatic rings. The van der Waals surface area contributed by atoms with Gasteiger partial charge in [0.1, 0.15) is 0 Å². The minimum atomic E-state index is 0.156. The van der Waals surface area contributed by atoms with Crippen molar-refractivity contribution in [1.82, 2.24) is 0 Å². The Labute approximate surface area is 169 Å². The maximum Gasteiger partial charge on any atom is 0.159 e. The molecule has 0 N–H and O–H groups in total. The Morgan fingerprint density at radius 2 is 0.963 bits per heavy atom. The first-order valence-electron chi connectivity index (χ1n) is 11.8. The van der Waals surface area contributed by atoms with Gasteiger partial charge >= 0.3 is 0 Å². The molecule has 0 aliphatic heterocycles. The Morgan fingerprint density at radius 3 is 1.33 bits per heavy atom. The molecule has 0 aliphatic carbocycles. The van der Waals surface area contributed by atoms with Crippen molar-refractivity contribution in [2.24, 2.45) is 0 Å². The largest absolute Gasteiger partial charge is 0.295 e. The Balaban J connectivity index is 1.81. The van der Waals surface area contributed by atoms with E-state index in [0.29, 0.717) is 0 Å². The molecule has 1 heteroatoms. The molecular weight excluding hydrogens is 328 g/mol. The third-order valence-electron chi connectivity index (χ3n) is 5.68. The third kappa shape index (κ3) is 13.7. The molecule has 0 amide bonds. The van der Waals surface area contributed by atoms with Crippen molar-refractivity contribution in [2.45, 2.75) is 123 Å². The number of unbranched alkanes of at least 4 members (excludes halogenated alkanes) is 15. The summed E-state index contributed by atoms with van der Waals surface area (Å²) in [5, 5.41) is 0. The van der Waals surface area contributed by atoms with Crippen LogP contribution >= 0.6 is 0 Å². The van der Waals surface area contributed by atoms with Crippen LogP contribution in [0.1, 0.15) is 133 Å². The molecule has 0 bridgehead atoms. The zero-order chi connectivity index (χ0) is 19.6. The van der Waals surface area contributed by atoms with Crippen molar-refractivity contribution < 1.29 is 4.79 Å². The van der Waals surface area contributed by atoms with Gasteiger partial charge in [-0.15, -0.1) is 0 Å². The molecule has 1 nitrogen and oxygen atoms in total. The predicted octanol–water partition coefficient (Wildman–Crippen LogP) is 8.69. The van der Waals surface area contributed by atoms with Gasteiger partial charge in [-0.3, -0.25) is 4.79 Å². The summed E-state index contributed by atoms with van der Waals surface area (Å²) in [6, 6.07) is 8.15. The molecule has 0 atom stereocenters. The third-order valence-corrected chi connectivity index (χ3v) is 5.68. The average Bonchev–Trinajstić information content (AvgIpc) is 2.68. The normalized spacial score (nSPS) is 11.0. The molecule has 0 radical (unpaired) electrons. The molecule has 1 rings (SSSR count). The van der Waals surface area contributed by atoms with E-state index in [-0.39, 0.29) is 5.78 Å². The van der Waals surface area contributed by atoms with Crippen LogP contribution in [0, 0.1) is 0 Å². The summed E-state index contributed by atoms with van der Waals surface area (Å²) in [4.78, 5) is 11.3. The van der Waals surface area contributed by atoms with E-state index in [9.17, 15) is 4.79 Å². The quantitative estimate of drug-likeness (QED) is 0.186. The van der Waals surface area contributed by atoms with Crippen molar-refractivity contribution >= 4 is 5.78 Å². The Hall–Kier alpha value is -1.11. The number of hydrogen-bond donors (Lipinski definition) is 0. The SMILES string of the molecule is CCCCCCCCCCCCCCCCCCc1ccc(C(C)=O)cc1. The summed E-state index contributed by atoms with van der Waals surface area (Å²) >= 11 is 0. The molecule has 0 fully saturated rings. The van der Waals surface area contributed by atoms with Gasteiger partial charge in [0, 0.05) is 5.56 Å². The lowest BCUT2D eigenvalue weighted by atomic mass is 10.0. The number of aryl methyl sites for hydroxylation is 1. The second-order valence-corrected chi connectivity index (χ2v) is 8.31. The topological polar surface area (TPSA) is 17.1 Å². The van der Waals surface area contributed by atoms with Gasteiger partial charge in [-0.2, -0.15) is 0 Å². The van der Waals surface area contributed by atoms with E-state index in [1.807, 2.05) is 12.1 Å². The first kappa shape index (κ1) is 23.9. The van der Waals surface area contributed by atoms with E-state index in [4.69, 9.17) is 0 Å². The summed E-state index contributed by atoms with van der Waals surface area (Å²) < 4.78 is 0. The molecule has 1 aromatic carbocycles. The standard InChI is InChI=1S/C26H44O/c1-3-4-5-6-7-8-9-10-11-12-13-14-15-16-17-18-19-25-20-22-26(23-21-25)24(2)27/h20-23H,3-19H2,1-2H3. The number of ketones is 1. The maximum absolute atomic E-state index is 11.3.